The van der Waals surface area contributed by atoms with E-state index in [9.17, 15) is 14.9 Å². The fraction of sp³-hybridized carbons (Fsp3) is 0.211. The van der Waals surface area contributed by atoms with Crippen LogP contribution in [0.25, 0.3) is 6.08 Å². The second-order valence-corrected chi connectivity index (χ2v) is 5.08. The number of allylic oxidation sites excluding steroid dienone is 1. The molecule has 0 aromatic heterocycles. The zero-order valence-electron chi connectivity index (χ0n) is 14.1. The normalized spacial score (nSPS) is 10.6. The first kappa shape index (κ1) is 18.2. The van der Waals surface area contributed by atoms with Crippen LogP contribution in [0.4, 0.5) is 5.69 Å². The summed E-state index contributed by atoms with van der Waals surface area (Å²) in [4.78, 5) is 22.5. The smallest absolute Gasteiger partial charge is 0.270 e. The minimum absolute atomic E-state index is 0.112. The molecule has 0 spiro atoms. The molecule has 0 bridgehead atoms. The number of nitro groups is 1. The lowest BCUT2D eigenvalue weighted by atomic mass is 10.1. The van der Waals surface area contributed by atoms with Crippen LogP contribution in [-0.4, -0.2) is 23.9 Å². The average Bonchev–Trinajstić information content (AvgIpc) is 2.62. The lowest BCUT2D eigenvalue weighted by molar-refractivity contribution is -0.384. The van der Waals surface area contributed by atoms with Crippen molar-refractivity contribution in [1.29, 1.82) is 0 Å². The summed E-state index contributed by atoms with van der Waals surface area (Å²) in [6.07, 6.45) is 3.02. The molecule has 25 heavy (non-hydrogen) atoms. The number of non-ortho nitro benzene ring substituents is 1. The van der Waals surface area contributed by atoms with E-state index in [-0.39, 0.29) is 17.0 Å². The molecule has 0 aliphatic rings. The number of carbonyl (C=O) groups excluding carboxylic acids is 1. The van der Waals surface area contributed by atoms with Gasteiger partial charge in [-0.1, -0.05) is 24.3 Å². The largest absolute Gasteiger partial charge is 0.490 e. The maximum Gasteiger partial charge on any atom is 0.270 e. The first-order valence-corrected chi connectivity index (χ1v) is 7.91. The van der Waals surface area contributed by atoms with Crippen LogP contribution in [0.2, 0.25) is 0 Å². The molecule has 0 saturated carbocycles. The van der Waals surface area contributed by atoms with Gasteiger partial charge in [0.25, 0.3) is 5.69 Å². The van der Waals surface area contributed by atoms with Gasteiger partial charge in [0.05, 0.1) is 18.1 Å². The minimum atomic E-state index is -0.526. The fourth-order valence-electron chi connectivity index (χ4n) is 2.21. The quantitative estimate of drug-likeness (QED) is 0.310. The Hall–Kier alpha value is -3.15. The molecule has 0 saturated heterocycles. The Labute approximate surface area is 145 Å². The van der Waals surface area contributed by atoms with Crippen molar-refractivity contribution in [3.63, 3.8) is 0 Å². The van der Waals surface area contributed by atoms with Crippen molar-refractivity contribution in [1.82, 2.24) is 0 Å². The summed E-state index contributed by atoms with van der Waals surface area (Å²) in [6.45, 7) is 4.80. The summed E-state index contributed by atoms with van der Waals surface area (Å²) < 4.78 is 11.0. The second kappa shape index (κ2) is 8.63. The van der Waals surface area contributed by atoms with Crippen LogP contribution in [0, 0.1) is 10.1 Å². The Morgan fingerprint density at radius 2 is 1.80 bits per heavy atom. The Balaban J connectivity index is 2.20. The molecular weight excluding hydrogens is 322 g/mol. The SMILES string of the molecule is CCOc1ccc(C=CC(=O)c2cccc([N+](=O)[O-])c2)cc1OCC. The predicted molar refractivity (Wildman–Crippen MR) is 95.2 cm³/mol. The molecule has 2 aromatic rings. The van der Waals surface area contributed by atoms with Crippen molar-refractivity contribution in [2.45, 2.75) is 13.8 Å². The topological polar surface area (TPSA) is 78.7 Å². The maximum atomic E-state index is 12.2. The maximum absolute atomic E-state index is 12.2. The molecule has 6 nitrogen and oxygen atoms in total. The number of hydrogen-bond donors (Lipinski definition) is 0. The second-order valence-electron chi connectivity index (χ2n) is 5.08. The molecule has 2 aromatic carbocycles. The Morgan fingerprint density at radius 1 is 1.08 bits per heavy atom. The number of rotatable bonds is 8. The highest BCUT2D eigenvalue weighted by molar-refractivity contribution is 6.07. The van der Waals surface area contributed by atoms with Crippen molar-refractivity contribution >= 4 is 17.5 Å². The summed E-state index contributed by atoms with van der Waals surface area (Å²) in [5.74, 6) is 0.941. The van der Waals surface area contributed by atoms with Crippen LogP contribution in [0.5, 0.6) is 11.5 Å². The number of ether oxygens (including phenoxy) is 2. The highest BCUT2D eigenvalue weighted by Crippen LogP contribution is 2.29. The van der Waals surface area contributed by atoms with Gasteiger partial charge in [-0.3, -0.25) is 14.9 Å². The Kier molecular flexibility index (Phi) is 6.28. The van der Waals surface area contributed by atoms with Gasteiger partial charge in [-0.25, -0.2) is 0 Å². The summed E-state index contributed by atoms with van der Waals surface area (Å²) >= 11 is 0. The number of hydrogen-bond acceptors (Lipinski definition) is 5. The monoisotopic (exact) mass is 341 g/mol. The standard InChI is InChI=1S/C19H19NO5/c1-3-24-18-11-9-14(12-19(18)25-4-2)8-10-17(21)15-6-5-7-16(13-15)20(22)23/h5-13H,3-4H2,1-2H3. The first-order valence-electron chi connectivity index (χ1n) is 7.91. The number of nitro benzene ring substituents is 1. The van der Waals surface area contributed by atoms with Crippen LogP contribution in [-0.2, 0) is 0 Å². The number of nitrogens with zero attached hydrogens (tertiary/aromatic N) is 1. The third-order valence-corrected chi connectivity index (χ3v) is 3.34. The van der Waals surface area contributed by atoms with E-state index in [2.05, 4.69) is 0 Å². The third kappa shape index (κ3) is 4.91. The van der Waals surface area contributed by atoms with E-state index < -0.39 is 4.92 Å². The van der Waals surface area contributed by atoms with E-state index in [4.69, 9.17) is 9.47 Å². The van der Waals surface area contributed by atoms with Crippen molar-refractivity contribution in [2.24, 2.45) is 0 Å². The van der Waals surface area contributed by atoms with Gasteiger partial charge in [0.2, 0.25) is 0 Å². The molecule has 0 unspecified atom stereocenters. The van der Waals surface area contributed by atoms with Crippen molar-refractivity contribution < 1.29 is 19.2 Å². The highest BCUT2D eigenvalue weighted by atomic mass is 16.6. The van der Waals surface area contributed by atoms with E-state index in [0.29, 0.717) is 24.7 Å². The number of carbonyl (C=O) groups is 1. The third-order valence-electron chi connectivity index (χ3n) is 3.34. The fourth-order valence-corrected chi connectivity index (χ4v) is 2.21. The molecule has 0 atom stereocenters. The molecule has 0 N–H and O–H groups in total. The minimum Gasteiger partial charge on any atom is -0.490 e. The average molecular weight is 341 g/mol. The van der Waals surface area contributed by atoms with Gasteiger partial charge in [0, 0.05) is 17.7 Å². The summed E-state index contributed by atoms with van der Waals surface area (Å²) in [7, 11) is 0. The van der Waals surface area contributed by atoms with Crippen LogP contribution < -0.4 is 9.47 Å². The molecule has 0 aliphatic heterocycles. The summed E-state index contributed by atoms with van der Waals surface area (Å²) in [6, 6.07) is 11.0. The lowest BCUT2D eigenvalue weighted by Gasteiger charge is -2.11. The van der Waals surface area contributed by atoms with E-state index in [1.165, 1.54) is 24.3 Å². The van der Waals surface area contributed by atoms with Gasteiger partial charge in [-0.05, 0) is 37.6 Å². The van der Waals surface area contributed by atoms with Crippen molar-refractivity contribution in [3.05, 3.63) is 69.8 Å². The molecular formula is C19H19NO5. The van der Waals surface area contributed by atoms with Gasteiger partial charge >= 0.3 is 0 Å². The molecule has 0 aliphatic carbocycles. The molecule has 6 heteroatoms. The van der Waals surface area contributed by atoms with Gasteiger partial charge in [-0.2, -0.15) is 0 Å². The van der Waals surface area contributed by atoms with Crippen LogP contribution in [0.15, 0.2) is 48.5 Å². The number of benzene rings is 2. The van der Waals surface area contributed by atoms with E-state index in [1.54, 1.807) is 24.3 Å². The molecule has 0 fully saturated rings. The van der Waals surface area contributed by atoms with Crippen molar-refractivity contribution in [2.75, 3.05) is 13.2 Å². The van der Waals surface area contributed by atoms with Crippen LogP contribution in [0.1, 0.15) is 29.8 Å². The highest BCUT2D eigenvalue weighted by Gasteiger charge is 2.10. The van der Waals surface area contributed by atoms with E-state index in [0.717, 1.165) is 5.56 Å². The zero-order chi connectivity index (χ0) is 18.2. The molecule has 130 valence electrons. The number of ketones is 1. The summed E-state index contributed by atoms with van der Waals surface area (Å²) in [5, 5.41) is 10.8. The van der Waals surface area contributed by atoms with Gasteiger partial charge in [0.15, 0.2) is 17.3 Å². The predicted octanol–water partition coefficient (Wildman–Crippen LogP) is 4.29. The van der Waals surface area contributed by atoms with Crippen LogP contribution >= 0.6 is 0 Å². The van der Waals surface area contributed by atoms with Gasteiger partial charge in [0.1, 0.15) is 0 Å². The Morgan fingerprint density at radius 3 is 2.48 bits per heavy atom. The first-order chi connectivity index (χ1) is 12.0. The summed E-state index contributed by atoms with van der Waals surface area (Å²) in [5.41, 5.74) is 0.922. The zero-order valence-corrected chi connectivity index (χ0v) is 14.1. The lowest BCUT2D eigenvalue weighted by Crippen LogP contribution is -1.99. The van der Waals surface area contributed by atoms with E-state index >= 15 is 0 Å². The Bertz CT molecular complexity index is 798. The van der Waals surface area contributed by atoms with Crippen LogP contribution in [0.3, 0.4) is 0 Å². The van der Waals surface area contributed by atoms with E-state index in [1.807, 2.05) is 19.9 Å². The van der Waals surface area contributed by atoms with Gasteiger partial charge in [-0.15, -0.1) is 0 Å². The molecule has 2 rings (SSSR count). The molecule has 0 heterocycles. The van der Waals surface area contributed by atoms with Gasteiger partial charge < -0.3 is 9.47 Å². The van der Waals surface area contributed by atoms with Crippen molar-refractivity contribution in [3.8, 4) is 11.5 Å². The molecule has 0 radical (unpaired) electrons. The molecule has 0 amide bonds.